The molecule has 0 heterocycles. The summed E-state index contributed by atoms with van der Waals surface area (Å²) in [6, 6.07) is 4.91. The number of ether oxygens (including phenoxy) is 1. The first-order valence-electron chi connectivity index (χ1n) is 5.29. The maximum absolute atomic E-state index is 13.4. The van der Waals surface area contributed by atoms with Crippen LogP contribution in [0.25, 0.3) is 0 Å². The zero-order valence-corrected chi connectivity index (χ0v) is 10.1. The molecule has 0 aromatic heterocycles. The Morgan fingerprint density at radius 1 is 1.50 bits per heavy atom. The van der Waals surface area contributed by atoms with E-state index in [2.05, 4.69) is 0 Å². The van der Waals surface area contributed by atoms with Gasteiger partial charge in [-0.25, -0.2) is 4.39 Å². The van der Waals surface area contributed by atoms with E-state index in [-0.39, 0.29) is 30.0 Å². The van der Waals surface area contributed by atoms with Crippen LogP contribution in [0.15, 0.2) is 18.2 Å². The van der Waals surface area contributed by atoms with E-state index < -0.39 is 0 Å². The Balaban J connectivity index is 0.00000128. The van der Waals surface area contributed by atoms with Gasteiger partial charge in [-0.1, -0.05) is 18.9 Å². The Morgan fingerprint density at radius 3 is 2.69 bits per heavy atom. The normalized spacial score (nSPS) is 16.4. The predicted octanol–water partition coefficient (Wildman–Crippen LogP) is 3.06. The molecule has 1 aliphatic carbocycles. The van der Waals surface area contributed by atoms with E-state index in [1.807, 2.05) is 6.07 Å². The van der Waals surface area contributed by atoms with Gasteiger partial charge in [-0.3, -0.25) is 0 Å². The third-order valence-corrected chi connectivity index (χ3v) is 2.89. The van der Waals surface area contributed by atoms with Crippen molar-refractivity contribution < 1.29 is 9.13 Å². The lowest BCUT2D eigenvalue weighted by molar-refractivity contribution is 0.385. The topological polar surface area (TPSA) is 35.2 Å². The molecule has 0 saturated heterocycles. The van der Waals surface area contributed by atoms with Gasteiger partial charge in [-0.05, 0) is 30.0 Å². The van der Waals surface area contributed by atoms with Crippen LogP contribution in [0.3, 0.4) is 0 Å². The standard InChI is InChI=1S/C12H16FNO.ClH/c1-15-12-5-4-9(7-10(12)13)11(14)6-8-2-3-8;/h4-5,7-8,11H,2-3,6,14H2,1H3;1H/t11-;/m0./s1. The summed E-state index contributed by atoms with van der Waals surface area (Å²) in [4.78, 5) is 0. The summed E-state index contributed by atoms with van der Waals surface area (Å²) in [6.45, 7) is 0. The molecule has 16 heavy (non-hydrogen) atoms. The zero-order valence-electron chi connectivity index (χ0n) is 9.28. The predicted molar refractivity (Wildman–Crippen MR) is 64.5 cm³/mol. The van der Waals surface area contributed by atoms with E-state index in [9.17, 15) is 4.39 Å². The third kappa shape index (κ3) is 3.09. The number of hydrogen-bond donors (Lipinski definition) is 1. The van der Waals surface area contributed by atoms with Crippen LogP contribution in [0.1, 0.15) is 30.9 Å². The molecule has 4 heteroatoms. The first-order valence-corrected chi connectivity index (χ1v) is 5.29. The molecule has 2 rings (SSSR count). The van der Waals surface area contributed by atoms with E-state index >= 15 is 0 Å². The molecule has 0 bridgehead atoms. The Kier molecular flexibility index (Phi) is 4.56. The van der Waals surface area contributed by atoms with Crippen molar-refractivity contribution in [2.24, 2.45) is 11.7 Å². The number of rotatable bonds is 4. The molecule has 1 fully saturated rings. The van der Waals surface area contributed by atoms with Crippen molar-refractivity contribution in [2.45, 2.75) is 25.3 Å². The van der Waals surface area contributed by atoms with Gasteiger partial charge in [-0.15, -0.1) is 12.4 Å². The molecular formula is C12H17ClFNO. The minimum Gasteiger partial charge on any atom is -0.494 e. The molecular weight excluding hydrogens is 229 g/mol. The number of benzene rings is 1. The fourth-order valence-electron chi connectivity index (χ4n) is 1.76. The fraction of sp³-hybridized carbons (Fsp3) is 0.500. The maximum atomic E-state index is 13.4. The lowest BCUT2D eigenvalue weighted by Crippen LogP contribution is -2.11. The van der Waals surface area contributed by atoms with Gasteiger partial charge in [-0.2, -0.15) is 0 Å². The molecule has 0 spiro atoms. The van der Waals surface area contributed by atoms with Gasteiger partial charge in [0.2, 0.25) is 0 Å². The van der Waals surface area contributed by atoms with Crippen LogP contribution in [0, 0.1) is 11.7 Å². The van der Waals surface area contributed by atoms with Crippen molar-refractivity contribution in [3.05, 3.63) is 29.6 Å². The highest BCUT2D eigenvalue weighted by Gasteiger charge is 2.24. The Bertz CT molecular complexity index is 355. The van der Waals surface area contributed by atoms with Gasteiger partial charge in [0.25, 0.3) is 0 Å². The Labute approximate surface area is 101 Å². The van der Waals surface area contributed by atoms with E-state index in [1.54, 1.807) is 6.07 Å². The van der Waals surface area contributed by atoms with Gasteiger partial charge in [0.05, 0.1) is 7.11 Å². The Morgan fingerprint density at radius 2 is 2.19 bits per heavy atom. The van der Waals surface area contributed by atoms with Crippen molar-refractivity contribution in [3.63, 3.8) is 0 Å². The molecule has 0 amide bonds. The summed E-state index contributed by atoms with van der Waals surface area (Å²) in [5.74, 6) is 0.698. The van der Waals surface area contributed by atoms with Crippen molar-refractivity contribution in [3.8, 4) is 5.75 Å². The molecule has 0 aliphatic heterocycles. The summed E-state index contributed by atoms with van der Waals surface area (Å²) in [6.07, 6.45) is 3.50. The number of halogens is 2. The van der Waals surface area contributed by atoms with Crippen LogP contribution in [0.4, 0.5) is 4.39 Å². The van der Waals surface area contributed by atoms with Crippen LogP contribution >= 0.6 is 12.4 Å². The summed E-state index contributed by atoms with van der Waals surface area (Å²) in [5, 5.41) is 0. The molecule has 1 aromatic carbocycles. The quantitative estimate of drug-likeness (QED) is 0.885. The van der Waals surface area contributed by atoms with Gasteiger partial charge in [0.15, 0.2) is 11.6 Å². The zero-order chi connectivity index (χ0) is 10.8. The highest BCUT2D eigenvalue weighted by atomic mass is 35.5. The highest BCUT2D eigenvalue weighted by molar-refractivity contribution is 5.85. The fourth-order valence-corrected chi connectivity index (χ4v) is 1.76. The number of methoxy groups -OCH3 is 1. The van der Waals surface area contributed by atoms with Gasteiger partial charge >= 0.3 is 0 Å². The molecule has 1 aromatic rings. The van der Waals surface area contributed by atoms with E-state index in [0.29, 0.717) is 0 Å². The minimum absolute atomic E-state index is 0. The summed E-state index contributed by atoms with van der Waals surface area (Å²) < 4.78 is 18.2. The largest absolute Gasteiger partial charge is 0.494 e. The second-order valence-electron chi connectivity index (χ2n) is 4.18. The van der Waals surface area contributed by atoms with E-state index in [1.165, 1.54) is 26.0 Å². The summed E-state index contributed by atoms with van der Waals surface area (Å²) in [7, 11) is 1.46. The number of hydrogen-bond acceptors (Lipinski definition) is 2. The number of nitrogens with two attached hydrogens (primary N) is 1. The molecule has 0 radical (unpaired) electrons. The molecule has 2 N–H and O–H groups in total. The molecule has 1 atom stereocenters. The molecule has 1 saturated carbocycles. The first-order chi connectivity index (χ1) is 7.20. The van der Waals surface area contributed by atoms with Crippen LogP contribution < -0.4 is 10.5 Å². The molecule has 0 unspecified atom stereocenters. The minimum atomic E-state index is -0.332. The van der Waals surface area contributed by atoms with E-state index in [4.69, 9.17) is 10.5 Å². The maximum Gasteiger partial charge on any atom is 0.165 e. The average Bonchev–Trinajstić information content (AvgIpc) is 3.01. The van der Waals surface area contributed by atoms with Crippen LogP contribution in [-0.4, -0.2) is 7.11 Å². The van der Waals surface area contributed by atoms with Gasteiger partial charge in [0, 0.05) is 6.04 Å². The summed E-state index contributed by atoms with van der Waals surface area (Å²) in [5.41, 5.74) is 6.85. The van der Waals surface area contributed by atoms with Crippen molar-refractivity contribution in [2.75, 3.05) is 7.11 Å². The highest BCUT2D eigenvalue weighted by Crippen LogP contribution is 2.37. The SMILES string of the molecule is COc1ccc([C@@H](N)CC2CC2)cc1F.Cl. The van der Waals surface area contributed by atoms with Gasteiger partial charge in [0.1, 0.15) is 0 Å². The van der Waals surface area contributed by atoms with Crippen LogP contribution in [0.2, 0.25) is 0 Å². The smallest absolute Gasteiger partial charge is 0.165 e. The second kappa shape index (κ2) is 5.51. The lowest BCUT2D eigenvalue weighted by atomic mass is 10.0. The third-order valence-electron chi connectivity index (χ3n) is 2.89. The average molecular weight is 246 g/mol. The van der Waals surface area contributed by atoms with E-state index in [0.717, 1.165) is 17.9 Å². The van der Waals surface area contributed by atoms with Crippen molar-refractivity contribution in [1.29, 1.82) is 0 Å². The first kappa shape index (κ1) is 13.3. The Hall–Kier alpha value is -0.800. The summed E-state index contributed by atoms with van der Waals surface area (Å²) >= 11 is 0. The van der Waals surface area contributed by atoms with Crippen molar-refractivity contribution >= 4 is 12.4 Å². The van der Waals surface area contributed by atoms with Gasteiger partial charge < -0.3 is 10.5 Å². The van der Waals surface area contributed by atoms with Crippen molar-refractivity contribution in [1.82, 2.24) is 0 Å². The molecule has 2 nitrogen and oxygen atoms in total. The van der Waals surface area contributed by atoms with Crippen LogP contribution in [0.5, 0.6) is 5.75 Å². The molecule has 90 valence electrons. The van der Waals surface area contributed by atoms with Crippen LogP contribution in [-0.2, 0) is 0 Å². The lowest BCUT2D eigenvalue weighted by Gasteiger charge is -2.12. The second-order valence-corrected chi connectivity index (χ2v) is 4.18. The molecule has 1 aliphatic rings. The monoisotopic (exact) mass is 245 g/mol.